The Kier molecular flexibility index (Phi) is 10.3. The molecule has 8 aromatic rings. The summed E-state index contributed by atoms with van der Waals surface area (Å²) in [5.74, 6) is 1.91. The highest BCUT2D eigenvalue weighted by molar-refractivity contribution is 6.30. The molecule has 2 aliphatic rings. The second-order valence-corrected chi connectivity index (χ2v) is 17.6. The minimum Gasteiger partial charge on any atom is -0.490 e. The van der Waals surface area contributed by atoms with E-state index in [0.717, 1.165) is 82.1 Å². The molecule has 60 heavy (non-hydrogen) atoms. The fourth-order valence-electron chi connectivity index (χ4n) is 9.81. The number of hydrogen-bond donors (Lipinski definition) is 0. The Bertz CT molecular complexity index is 2460. The van der Waals surface area contributed by atoms with E-state index in [4.69, 9.17) is 9.47 Å². The Hall–Kier alpha value is -6.00. The quantitative estimate of drug-likeness (QED) is 0.129. The van der Waals surface area contributed by atoms with Crippen molar-refractivity contribution in [3.05, 3.63) is 156 Å². The SMILES string of the molecule is Cc1ccc(N(c2ccc(C)cc2)c2cc(OC3CCCCC3)c3ccc4c(N(c5ccc(C)cc5)c5ccc(C)cc5)cc(OC5CCCCC5)c5ccc2c3c54)cc1. The summed E-state index contributed by atoms with van der Waals surface area (Å²) in [6.45, 7) is 8.64. The summed E-state index contributed by atoms with van der Waals surface area (Å²) in [4.78, 5) is 4.87. The van der Waals surface area contributed by atoms with E-state index in [1.54, 1.807) is 0 Å². The van der Waals surface area contributed by atoms with E-state index < -0.39 is 0 Å². The number of hydrogen-bond acceptors (Lipinski definition) is 4. The van der Waals surface area contributed by atoms with Gasteiger partial charge in [-0.2, -0.15) is 0 Å². The molecule has 0 amide bonds. The summed E-state index contributed by atoms with van der Waals surface area (Å²) in [5.41, 5.74) is 11.7. The largest absolute Gasteiger partial charge is 0.490 e. The number of aryl methyl sites for hydroxylation is 4. The lowest BCUT2D eigenvalue weighted by Crippen LogP contribution is -2.20. The predicted octanol–water partition coefficient (Wildman–Crippen LogP) is 16.2. The third-order valence-corrected chi connectivity index (χ3v) is 13.1. The van der Waals surface area contributed by atoms with Crippen molar-refractivity contribution >= 4 is 66.4 Å². The zero-order valence-electron chi connectivity index (χ0n) is 35.6. The molecule has 0 radical (unpaired) electrons. The van der Waals surface area contributed by atoms with E-state index in [1.165, 1.54) is 82.3 Å². The van der Waals surface area contributed by atoms with Gasteiger partial charge in [0.05, 0.1) is 23.6 Å². The zero-order valence-corrected chi connectivity index (χ0v) is 35.6. The molecule has 0 bridgehead atoms. The standard InChI is InChI=1S/C56H56N2O2/c1-37-15-23-41(24-16-37)57(42-25-17-38(2)18-26-42)51-35-53(59-45-11-7-5-8-12-45)49-34-32-48-52(58(43-27-19-39(3)20-28-43)44-29-21-40(4)22-30-44)36-54(60-46-13-9-6-10-14-46)50-33-31-47(51)55(49)56(48)50/h15-36,45-46H,5-14H2,1-4H3. The van der Waals surface area contributed by atoms with Crippen LogP contribution in [0.5, 0.6) is 11.5 Å². The molecule has 302 valence electrons. The monoisotopic (exact) mass is 788 g/mol. The van der Waals surface area contributed by atoms with Crippen LogP contribution in [0, 0.1) is 27.7 Å². The third kappa shape index (κ3) is 7.31. The maximum absolute atomic E-state index is 7.24. The second kappa shape index (κ2) is 16.2. The summed E-state index contributed by atoms with van der Waals surface area (Å²) in [7, 11) is 0. The van der Waals surface area contributed by atoms with Gasteiger partial charge in [-0.15, -0.1) is 0 Å². The van der Waals surface area contributed by atoms with E-state index in [1.807, 2.05) is 0 Å². The number of anilines is 6. The molecule has 0 atom stereocenters. The minimum atomic E-state index is 0.191. The Morgan fingerprint density at radius 3 is 0.933 bits per heavy atom. The van der Waals surface area contributed by atoms with Crippen molar-refractivity contribution in [2.75, 3.05) is 9.80 Å². The van der Waals surface area contributed by atoms with Crippen molar-refractivity contribution < 1.29 is 9.47 Å². The molecule has 2 saturated carbocycles. The van der Waals surface area contributed by atoms with Gasteiger partial charge >= 0.3 is 0 Å². The molecule has 2 fully saturated rings. The lowest BCUT2D eigenvalue weighted by Gasteiger charge is -2.32. The van der Waals surface area contributed by atoms with Gasteiger partial charge in [0, 0.05) is 67.2 Å². The Labute approximate surface area is 355 Å². The topological polar surface area (TPSA) is 24.9 Å². The summed E-state index contributed by atoms with van der Waals surface area (Å²) in [5, 5.41) is 7.14. The highest BCUT2D eigenvalue weighted by Gasteiger charge is 2.28. The van der Waals surface area contributed by atoms with E-state index >= 15 is 0 Å². The van der Waals surface area contributed by atoms with E-state index in [-0.39, 0.29) is 12.2 Å². The minimum absolute atomic E-state index is 0.191. The molecule has 0 spiro atoms. The molecular weight excluding hydrogens is 733 g/mol. The van der Waals surface area contributed by atoms with Crippen LogP contribution < -0.4 is 19.3 Å². The molecule has 8 aromatic carbocycles. The van der Waals surface area contributed by atoms with Crippen molar-refractivity contribution in [1.82, 2.24) is 0 Å². The van der Waals surface area contributed by atoms with Gasteiger partial charge in [0.2, 0.25) is 0 Å². The van der Waals surface area contributed by atoms with Crippen LogP contribution in [0.25, 0.3) is 32.3 Å². The maximum atomic E-state index is 7.24. The average molecular weight is 789 g/mol. The fourth-order valence-corrected chi connectivity index (χ4v) is 9.81. The molecular formula is C56H56N2O2. The van der Waals surface area contributed by atoms with Crippen LogP contribution in [-0.2, 0) is 0 Å². The van der Waals surface area contributed by atoms with Gasteiger partial charge in [-0.25, -0.2) is 0 Å². The second-order valence-electron chi connectivity index (χ2n) is 17.6. The molecule has 10 rings (SSSR count). The first-order chi connectivity index (χ1) is 29.4. The van der Waals surface area contributed by atoms with Crippen LogP contribution in [0.15, 0.2) is 133 Å². The van der Waals surface area contributed by atoms with Crippen molar-refractivity contribution in [2.45, 2.75) is 104 Å². The van der Waals surface area contributed by atoms with E-state index in [2.05, 4.69) is 171 Å². The third-order valence-electron chi connectivity index (χ3n) is 13.1. The average Bonchev–Trinajstić information content (AvgIpc) is 3.27. The van der Waals surface area contributed by atoms with Crippen LogP contribution in [0.2, 0.25) is 0 Å². The Morgan fingerprint density at radius 2 is 0.633 bits per heavy atom. The van der Waals surface area contributed by atoms with Gasteiger partial charge < -0.3 is 19.3 Å². The number of ether oxygens (including phenoxy) is 2. The van der Waals surface area contributed by atoms with Crippen LogP contribution in [0.1, 0.15) is 86.5 Å². The first kappa shape index (κ1) is 38.2. The summed E-state index contributed by atoms with van der Waals surface area (Å²) < 4.78 is 14.5. The molecule has 4 heteroatoms. The molecule has 2 aliphatic carbocycles. The molecule has 0 N–H and O–H groups in total. The molecule has 4 nitrogen and oxygen atoms in total. The van der Waals surface area contributed by atoms with Crippen LogP contribution >= 0.6 is 0 Å². The normalized spacial score (nSPS) is 15.2. The van der Waals surface area contributed by atoms with E-state index in [9.17, 15) is 0 Å². The van der Waals surface area contributed by atoms with Crippen LogP contribution in [0.4, 0.5) is 34.1 Å². The van der Waals surface area contributed by atoms with Gasteiger partial charge in [-0.05, 0) is 140 Å². The number of nitrogens with zero attached hydrogens (tertiary/aromatic N) is 2. The maximum Gasteiger partial charge on any atom is 0.129 e. The van der Waals surface area contributed by atoms with Gasteiger partial charge in [-0.3, -0.25) is 0 Å². The molecule has 0 saturated heterocycles. The van der Waals surface area contributed by atoms with Crippen LogP contribution in [-0.4, -0.2) is 12.2 Å². The van der Waals surface area contributed by atoms with E-state index in [0.29, 0.717) is 0 Å². The van der Waals surface area contributed by atoms with Crippen molar-refractivity contribution in [1.29, 1.82) is 0 Å². The molecule has 0 aliphatic heterocycles. The molecule has 0 unspecified atom stereocenters. The summed E-state index contributed by atoms with van der Waals surface area (Å²) in [6, 6.07) is 49.8. The highest BCUT2D eigenvalue weighted by Crippen LogP contribution is 2.52. The zero-order chi connectivity index (χ0) is 40.7. The molecule has 0 heterocycles. The first-order valence-corrected chi connectivity index (χ1v) is 22.4. The van der Waals surface area contributed by atoms with Crippen molar-refractivity contribution in [3.8, 4) is 11.5 Å². The van der Waals surface area contributed by atoms with Gasteiger partial charge in [0.1, 0.15) is 11.5 Å². The lowest BCUT2D eigenvalue weighted by atomic mass is 9.90. The van der Waals surface area contributed by atoms with Crippen LogP contribution in [0.3, 0.4) is 0 Å². The van der Waals surface area contributed by atoms with Gasteiger partial charge in [-0.1, -0.05) is 95.8 Å². The van der Waals surface area contributed by atoms with Gasteiger partial charge in [0.15, 0.2) is 0 Å². The summed E-state index contributed by atoms with van der Waals surface area (Å²) >= 11 is 0. The summed E-state index contributed by atoms with van der Waals surface area (Å²) in [6.07, 6.45) is 12.1. The van der Waals surface area contributed by atoms with Gasteiger partial charge in [0.25, 0.3) is 0 Å². The smallest absolute Gasteiger partial charge is 0.129 e. The van der Waals surface area contributed by atoms with Crippen molar-refractivity contribution in [3.63, 3.8) is 0 Å². The van der Waals surface area contributed by atoms with Crippen molar-refractivity contribution in [2.24, 2.45) is 0 Å². The predicted molar refractivity (Wildman–Crippen MR) is 253 cm³/mol. The Balaban J connectivity index is 1.30. The molecule has 0 aromatic heterocycles. The highest BCUT2D eigenvalue weighted by atomic mass is 16.5. The number of rotatable bonds is 10. The first-order valence-electron chi connectivity index (χ1n) is 22.4. The number of benzene rings is 8. The Morgan fingerprint density at radius 1 is 0.350 bits per heavy atom. The lowest BCUT2D eigenvalue weighted by molar-refractivity contribution is 0.157. The fraction of sp³-hybridized carbons (Fsp3) is 0.286.